The third-order valence-corrected chi connectivity index (χ3v) is 4.27. The molecule has 1 saturated heterocycles. The lowest BCUT2D eigenvalue weighted by molar-refractivity contribution is -0.134. The minimum absolute atomic E-state index is 0.0130. The molecule has 21 heavy (non-hydrogen) atoms. The number of benzene rings is 1. The van der Waals surface area contributed by atoms with Crippen molar-refractivity contribution >= 4 is 33.4 Å². The first-order chi connectivity index (χ1) is 9.86. The molecule has 1 aromatic carbocycles. The fourth-order valence-corrected chi connectivity index (χ4v) is 3.06. The Labute approximate surface area is 131 Å². The van der Waals surface area contributed by atoms with Crippen LogP contribution in [-0.4, -0.2) is 23.9 Å². The summed E-state index contributed by atoms with van der Waals surface area (Å²) in [5.41, 5.74) is 0.522. The number of halogens is 2. The van der Waals surface area contributed by atoms with Crippen LogP contribution in [0.15, 0.2) is 22.7 Å². The van der Waals surface area contributed by atoms with Gasteiger partial charge in [-0.1, -0.05) is 20.8 Å². The maximum absolute atomic E-state index is 13.3. The van der Waals surface area contributed by atoms with Crippen molar-refractivity contribution in [3.8, 4) is 0 Å². The minimum Gasteiger partial charge on any atom is -0.342 e. The first-order valence-corrected chi connectivity index (χ1v) is 7.74. The third-order valence-electron chi connectivity index (χ3n) is 3.64. The van der Waals surface area contributed by atoms with E-state index >= 15 is 0 Å². The van der Waals surface area contributed by atoms with Crippen LogP contribution in [0.5, 0.6) is 0 Å². The molecule has 0 aliphatic carbocycles. The Morgan fingerprint density at radius 3 is 2.57 bits per heavy atom. The van der Waals surface area contributed by atoms with Gasteiger partial charge in [0.05, 0.1) is 5.69 Å². The van der Waals surface area contributed by atoms with Crippen molar-refractivity contribution in [2.75, 3.05) is 4.90 Å². The summed E-state index contributed by atoms with van der Waals surface area (Å²) in [5, 5.41) is 2.78. The molecule has 1 N–H and O–H groups in total. The average Bonchev–Trinajstić information content (AvgIpc) is 2.41. The van der Waals surface area contributed by atoms with E-state index in [1.54, 1.807) is 0 Å². The highest BCUT2D eigenvalue weighted by atomic mass is 79.9. The normalized spacial score (nSPS) is 22.7. The highest BCUT2D eigenvalue weighted by molar-refractivity contribution is 9.10. The smallest absolute Gasteiger partial charge is 0.250 e. The number of nitrogens with one attached hydrogen (secondary N) is 1. The van der Waals surface area contributed by atoms with Crippen molar-refractivity contribution in [1.29, 1.82) is 0 Å². The van der Waals surface area contributed by atoms with Gasteiger partial charge < -0.3 is 5.32 Å². The minimum atomic E-state index is -0.575. The molecule has 0 aromatic heterocycles. The number of hydrogen-bond acceptors (Lipinski definition) is 2. The second kappa shape index (κ2) is 6.13. The Balaban J connectivity index is 2.49. The van der Waals surface area contributed by atoms with E-state index < -0.39 is 17.9 Å². The summed E-state index contributed by atoms with van der Waals surface area (Å²) in [6, 6.07) is 2.98. The van der Waals surface area contributed by atoms with E-state index in [0.717, 1.165) is 0 Å². The van der Waals surface area contributed by atoms with Crippen LogP contribution in [-0.2, 0) is 9.59 Å². The van der Waals surface area contributed by atoms with E-state index in [0.29, 0.717) is 16.6 Å². The van der Waals surface area contributed by atoms with Gasteiger partial charge in [0.1, 0.15) is 17.9 Å². The zero-order chi connectivity index (χ0) is 15.7. The van der Waals surface area contributed by atoms with Crippen molar-refractivity contribution in [3.05, 3.63) is 28.5 Å². The molecule has 4 nitrogen and oxygen atoms in total. The zero-order valence-corrected chi connectivity index (χ0v) is 13.8. The lowest BCUT2D eigenvalue weighted by Crippen LogP contribution is -2.65. The highest BCUT2D eigenvalue weighted by Gasteiger charge is 2.42. The standard InChI is InChI=1S/C15H18BrFN2O2/c1-4-11-14(20)18-13(8(2)3)15(21)19(11)12-6-5-9(17)7-10(12)16/h5-8,11,13H,4H2,1-3H3,(H,18,20). The number of amides is 2. The summed E-state index contributed by atoms with van der Waals surface area (Å²) in [6.45, 7) is 5.61. The molecule has 0 radical (unpaired) electrons. The first kappa shape index (κ1) is 15.9. The van der Waals surface area contributed by atoms with Crippen LogP contribution in [0.3, 0.4) is 0 Å². The lowest BCUT2D eigenvalue weighted by atomic mass is 9.96. The summed E-state index contributed by atoms with van der Waals surface area (Å²) in [7, 11) is 0. The van der Waals surface area contributed by atoms with Crippen LogP contribution in [0.4, 0.5) is 10.1 Å². The molecule has 0 saturated carbocycles. The van der Waals surface area contributed by atoms with E-state index in [9.17, 15) is 14.0 Å². The molecule has 0 bridgehead atoms. The molecule has 1 heterocycles. The first-order valence-electron chi connectivity index (χ1n) is 6.95. The van der Waals surface area contributed by atoms with Gasteiger partial charge >= 0.3 is 0 Å². The van der Waals surface area contributed by atoms with Gasteiger partial charge in [0.2, 0.25) is 5.91 Å². The number of anilines is 1. The SMILES string of the molecule is CCC1C(=O)NC(C(C)C)C(=O)N1c1ccc(F)cc1Br. The molecular weight excluding hydrogens is 339 g/mol. The summed E-state index contributed by atoms with van der Waals surface area (Å²) in [4.78, 5) is 26.4. The Hall–Kier alpha value is -1.43. The molecule has 2 amide bonds. The summed E-state index contributed by atoms with van der Waals surface area (Å²) >= 11 is 3.28. The van der Waals surface area contributed by atoms with Gasteiger partial charge in [-0.05, 0) is 46.5 Å². The van der Waals surface area contributed by atoms with Gasteiger partial charge in [-0.15, -0.1) is 0 Å². The topological polar surface area (TPSA) is 49.4 Å². The Morgan fingerprint density at radius 2 is 2.05 bits per heavy atom. The van der Waals surface area contributed by atoms with Gasteiger partial charge in [0, 0.05) is 4.47 Å². The van der Waals surface area contributed by atoms with Crippen molar-refractivity contribution in [3.63, 3.8) is 0 Å². The van der Waals surface area contributed by atoms with Crippen molar-refractivity contribution in [2.24, 2.45) is 5.92 Å². The molecule has 1 aromatic rings. The summed E-state index contributed by atoms with van der Waals surface area (Å²) in [5.74, 6) is -0.746. The predicted octanol–water partition coefficient (Wildman–Crippen LogP) is 2.85. The number of rotatable bonds is 3. The summed E-state index contributed by atoms with van der Waals surface area (Å²) < 4.78 is 13.7. The van der Waals surface area contributed by atoms with Gasteiger partial charge in [-0.3, -0.25) is 14.5 Å². The highest BCUT2D eigenvalue weighted by Crippen LogP contribution is 2.32. The molecule has 1 fully saturated rings. The zero-order valence-electron chi connectivity index (χ0n) is 12.2. The van der Waals surface area contributed by atoms with Crippen LogP contribution < -0.4 is 10.2 Å². The van der Waals surface area contributed by atoms with E-state index in [4.69, 9.17) is 0 Å². The lowest BCUT2D eigenvalue weighted by Gasteiger charge is -2.40. The van der Waals surface area contributed by atoms with E-state index in [-0.39, 0.29) is 17.7 Å². The fraction of sp³-hybridized carbons (Fsp3) is 0.467. The van der Waals surface area contributed by atoms with Crippen LogP contribution in [0.2, 0.25) is 0 Å². The Bertz CT molecular complexity index is 577. The van der Waals surface area contributed by atoms with Gasteiger partial charge in [-0.2, -0.15) is 0 Å². The molecule has 1 aliphatic heterocycles. The second-order valence-corrected chi connectivity index (χ2v) is 6.31. The van der Waals surface area contributed by atoms with E-state index in [2.05, 4.69) is 21.2 Å². The quantitative estimate of drug-likeness (QED) is 0.905. The molecule has 6 heteroatoms. The largest absolute Gasteiger partial charge is 0.342 e. The van der Waals surface area contributed by atoms with Gasteiger partial charge in [-0.25, -0.2) is 4.39 Å². The average molecular weight is 357 g/mol. The number of nitrogens with zero attached hydrogens (tertiary/aromatic N) is 1. The van der Waals surface area contributed by atoms with Crippen LogP contribution in [0.1, 0.15) is 27.2 Å². The van der Waals surface area contributed by atoms with Crippen molar-refractivity contribution in [1.82, 2.24) is 5.32 Å². The number of carbonyl (C=O) groups excluding carboxylic acids is 2. The molecule has 2 atom stereocenters. The molecule has 0 spiro atoms. The molecule has 114 valence electrons. The van der Waals surface area contributed by atoms with Crippen LogP contribution >= 0.6 is 15.9 Å². The fourth-order valence-electron chi connectivity index (χ4n) is 2.51. The predicted molar refractivity (Wildman–Crippen MR) is 82.4 cm³/mol. The van der Waals surface area contributed by atoms with Crippen molar-refractivity contribution < 1.29 is 14.0 Å². The number of carbonyl (C=O) groups is 2. The second-order valence-electron chi connectivity index (χ2n) is 5.46. The molecule has 2 rings (SSSR count). The maximum Gasteiger partial charge on any atom is 0.250 e. The van der Waals surface area contributed by atoms with Crippen LogP contribution in [0.25, 0.3) is 0 Å². The van der Waals surface area contributed by atoms with Crippen molar-refractivity contribution in [2.45, 2.75) is 39.3 Å². The number of piperazine rings is 1. The summed E-state index contributed by atoms with van der Waals surface area (Å²) in [6.07, 6.45) is 0.492. The van der Waals surface area contributed by atoms with E-state index in [1.165, 1.54) is 23.1 Å². The van der Waals surface area contributed by atoms with Gasteiger partial charge in [0.25, 0.3) is 5.91 Å². The molecule has 2 unspecified atom stereocenters. The maximum atomic E-state index is 13.3. The molecule has 1 aliphatic rings. The Kier molecular flexibility index (Phi) is 4.66. The Morgan fingerprint density at radius 1 is 1.38 bits per heavy atom. The monoisotopic (exact) mass is 356 g/mol. The van der Waals surface area contributed by atoms with Gasteiger partial charge in [0.15, 0.2) is 0 Å². The van der Waals surface area contributed by atoms with Crippen LogP contribution in [0, 0.1) is 11.7 Å². The third kappa shape index (κ3) is 2.95. The molecular formula is C15H18BrFN2O2. The van der Waals surface area contributed by atoms with E-state index in [1.807, 2.05) is 20.8 Å². The number of hydrogen-bond donors (Lipinski definition) is 1.